The van der Waals surface area contributed by atoms with Gasteiger partial charge in [-0.1, -0.05) is 72.4 Å². The van der Waals surface area contributed by atoms with Crippen LogP contribution in [0.2, 0.25) is 0 Å². The van der Waals surface area contributed by atoms with Crippen LogP contribution >= 0.6 is 11.8 Å². The van der Waals surface area contributed by atoms with Gasteiger partial charge in [0.1, 0.15) is 5.69 Å². The molecule has 0 atom stereocenters. The SMILES string of the molecule is O=C(CCCSc1nc(-c2ccccc2)c(-c2ccccc2)o1)N1CCOCC1. The van der Waals surface area contributed by atoms with Crippen molar-refractivity contribution >= 4 is 17.7 Å². The molecular weight excluding hydrogens is 384 g/mol. The van der Waals surface area contributed by atoms with Gasteiger partial charge in [0.05, 0.1) is 13.2 Å². The van der Waals surface area contributed by atoms with Crippen molar-refractivity contribution in [1.82, 2.24) is 9.88 Å². The molecule has 2 aromatic carbocycles. The van der Waals surface area contributed by atoms with Gasteiger partial charge in [0.2, 0.25) is 5.91 Å². The maximum absolute atomic E-state index is 12.3. The summed E-state index contributed by atoms with van der Waals surface area (Å²) in [6.07, 6.45) is 1.34. The first-order chi connectivity index (χ1) is 14.3. The van der Waals surface area contributed by atoms with Crippen LogP contribution < -0.4 is 0 Å². The smallest absolute Gasteiger partial charge is 0.256 e. The van der Waals surface area contributed by atoms with Crippen LogP contribution in [0.25, 0.3) is 22.6 Å². The summed E-state index contributed by atoms with van der Waals surface area (Å²) >= 11 is 1.56. The van der Waals surface area contributed by atoms with Gasteiger partial charge in [-0.15, -0.1) is 0 Å². The van der Waals surface area contributed by atoms with Crippen LogP contribution in [0.4, 0.5) is 0 Å². The lowest BCUT2D eigenvalue weighted by Gasteiger charge is -2.26. The molecule has 0 saturated carbocycles. The zero-order valence-corrected chi connectivity index (χ0v) is 17.1. The van der Waals surface area contributed by atoms with Crippen LogP contribution in [0.1, 0.15) is 12.8 Å². The molecule has 0 spiro atoms. The Bertz CT molecular complexity index is 865. The van der Waals surface area contributed by atoms with Gasteiger partial charge in [0.25, 0.3) is 5.22 Å². The van der Waals surface area contributed by atoms with Crippen LogP contribution in [0.15, 0.2) is 70.3 Å². The molecule has 1 amide bonds. The Morgan fingerprint density at radius 1 is 0.966 bits per heavy atom. The van der Waals surface area contributed by atoms with E-state index in [1.165, 1.54) is 0 Å². The monoisotopic (exact) mass is 408 g/mol. The quantitative estimate of drug-likeness (QED) is 0.417. The van der Waals surface area contributed by atoms with Crippen molar-refractivity contribution < 1.29 is 13.9 Å². The molecule has 0 radical (unpaired) electrons. The lowest BCUT2D eigenvalue weighted by Crippen LogP contribution is -2.40. The molecule has 4 rings (SSSR count). The maximum Gasteiger partial charge on any atom is 0.256 e. The second-order valence-corrected chi connectivity index (χ2v) is 7.88. The minimum Gasteiger partial charge on any atom is -0.431 e. The van der Waals surface area contributed by atoms with E-state index in [1.54, 1.807) is 11.8 Å². The molecule has 1 fully saturated rings. The number of ether oxygens (including phenoxy) is 1. The second-order valence-electron chi connectivity index (χ2n) is 6.83. The van der Waals surface area contributed by atoms with E-state index in [9.17, 15) is 4.79 Å². The molecule has 1 saturated heterocycles. The third-order valence-electron chi connectivity index (χ3n) is 4.82. The normalized spacial score (nSPS) is 14.1. The van der Waals surface area contributed by atoms with Crippen molar-refractivity contribution in [2.24, 2.45) is 0 Å². The van der Waals surface area contributed by atoms with Gasteiger partial charge in [-0.2, -0.15) is 0 Å². The van der Waals surface area contributed by atoms with Crippen LogP contribution in [0.5, 0.6) is 0 Å². The zero-order valence-electron chi connectivity index (χ0n) is 16.3. The molecule has 150 valence electrons. The van der Waals surface area contributed by atoms with Gasteiger partial charge >= 0.3 is 0 Å². The molecule has 0 unspecified atom stereocenters. The van der Waals surface area contributed by atoms with Crippen molar-refractivity contribution in [2.75, 3.05) is 32.1 Å². The van der Waals surface area contributed by atoms with Crippen molar-refractivity contribution in [3.05, 3.63) is 60.7 Å². The average Bonchev–Trinajstić information content (AvgIpc) is 3.23. The van der Waals surface area contributed by atoms with Gasteiger partial charge in [0, 0.05) is 36.4 Å². The van der Waals surface area contributed by atoms with Crippen LogP contribution in [0.3, 0.4) is 0 Å². The molecular formula is C23H24N2O3S. The number of nitrogens with zero attached hydrogens (tertiary/aromatic N) is 2. The van der Waals surface area contributed by atoms with Gasteiger partial charge in [-0.05, 0) is 6.42 Å². The molecule has 2 heterocycles. The largest absolute Gasteiger partial charge is 0.431 e. The molecule has 1 aromatic heterocycles. The van der Waals surface area contributed by atoms with E-state index in [2.05, 4.69) is 0 Å². The van der Waals surface area contributed by atoms with Gasteiger partial charge < -0.3 is 14.1 Å². The predicted octanol–water partition coefficient (Wildman–Crippen LogP) is 4.74. The number of rotatable bonds is 7. The predicted molar refractivity (Wildman–Crippen MR) is 115 cm³/mol. The standard InChI is InChI=1S/C23H24N2O3S/c26-20(25-13-15-27-16-14-25)12-7-17-29-23-24-21(18-8-3-1-4-9-18)22(28-23)19-10-5-2-6-11-19/h1-6,8-11H,7,12-17H2. The number of hydrogen-bond acceptors (Lipinski definition) is 5. The zero-order chi connectivity index (χ0) is 19.9. The van der Waals surface area contributed by atoms with Gasteiger partial charge in [-0.3, -0.25) is 4.79 Å². The number of hydrogen-bond donors (Lipinski definition) is 0. The number of amides is 1. The number of thioether (sulfide) groups is 1. The highest BCUT2D eigenvalue weighted by Gasteiger charge is 2.18. The first kappa shape index (κ1) is 19.7. The summed E-state index contributed by atoms with van der Waals surface area (Å²) in [4.78, 5) is 18.9. The van der Waals surface area contributed by atoms with E-state index in [-0.39, 0.29) is 5.91 Å². The summed E-state index contributed by atoms with van der Waals surface area (Å²) in [5, 5.41) is 0.640. The summed E-state index contributed by atoms with van der Waals surface area (Å²) in [5.41, 5.74) is 2.89. The van der Waals surface area contributed by atoms with Crippen molar-refractivity contribution in [1.29, 1.82) is 0 Å². The number of benzene rings is 2. The third kappa shape index (κ3) is 5.08. The first-order valence-electron chi connectivity index (χ1n) is 9.91. The van der Waals surface area contributed by atoms with Crippen molar-refractivity contribution in [2.45, 2.75) is 18.1 Å². The Hall–Kier alpha value is -2.57. The summed E-state index contributed by atoms with van der Waals surface area (Å²) in [5.74, 6) is 1.78. The molecule has 29 heavy (non-hydrogen) atoms. The Balaban J connectivity index is 1.41. The van der Waals surface area contributed by atoms with Crippen LogP contribution in [0, 0.1) is 0 Å². The molecule has 1 aliphatic heterocycles. The molecule has 0 N–H and O–H groups in total. The summed E-state index contributed by atoms with van der Waals surface area (Å²) in [6.45, 7) is 2.68. The summed E-state index contributed by atoms with van der Waals surface area (Å²) in [7, 11) is 0. The Morgan fingerprint density at radius 3 is 2.31 bits per heavy atom. The molecule has 6 heteroatoms. The molecule has 1 aliphatic rings. The fourth-order valence-corrected chi connectivity index (χ4v) is 4.05. The van der Waals surface area contributed by atoms with Crippen molar-refractivity contribution in [3.8, 4) is 22.6 Å². The maximum atomic E-state index is 12.3. The highest BCUT2D eigenvalue weighted by atomic mass is 32.2. The van der Waals surface area contributed by atoms with E-state index < -0.39 is 0 Å². The summed E-state index contributed by atoms with van der Waals surface area (Å²) in [6, 6.07) is 20.1. The minimum absolute atomic E-state index is 0.205. The summed E-state index contributed by atoms with van der Waals surface area (Å²) < 4.78 is 11.4. The van der Waals surface area contributed by atoms with Gasteiger partial charge in [-0.25, -0.2) is 4.98 Å². The third-order valence-corrected chi connectivity index (χ3v) is 5.73. The van der Waals surface area contributed by atoms with Crippen molar-refractivity contribution in [3.63, 3.8) is 0 Å². The van der Waals surface area contributed by atoms with E-state index >= 15 is 0 Å². The number of aromatic nitrogens is 1. The average molecular weight is 409 g/mol. The number of carbonyl (C=O) groups is 1. The molecule has 0 aliphatic carbocycles. The highest BCUT2D eigenvalue weighted by Crippen LogP contribution is 2.35. The van der Waals surface area contributed by atoms with Gasteiger partial charge in [0.15, 0.2) is 5.76 Å². The number of morpholine rings is 1. The number of oxazole rings is 1. The number of carbonyl (C=O) groups excluding carboxylic acids is 1. The topological polar surface area (TPSA) is 55.6 Å². The van der Waals surface area contributed by atoms with E-state index in [1.807, 2.05) is 65.6 Å². The molecule has 5 nitrogen and oxygen atoms in total. The van der Waals surface area contributed by atoms with E-state index in [0.717, 1.165) is 34.8 Å². The fraction of sp³-hybridized carbons (Fsp3) is 0.304. The lowest BCUT2D eigenvalue weighted by molar-refractivity contribution is -0.135. The Kier molecular flexibility index (Phi) is 6.64. The minimum atomic E-state index is 0.205. The van der Waals surface area contributed by atoms with E-state index in [0.29, 0.717) is 37.9 Å². The van der Waals surface area contributed by atoms with E-state index in [4.69, 9.17) is 14.1 Å². The highest BCUT2D eigenvalue weighted by molar-refractivity contribution is 7.99. The van der Waals surface area contributed by atoms with Crippen LogP contribution in [-0.2, 0) is 9.53 Å². The molecule has 3 aromatic rings. The first-order valence-corrected chi connectivity index (χ1v) is 10.9. The second kappa shape index (κ2) is 9.76. The lowest BCUT2D eigenvalue weighted by atomic mass is 10.1. The Morgan fingerprint density at radius 2 is 1.62 bits per heavy atom. The Labute approximate surface area is 175 Å². The molecule has 0 bridgehead atoms. The fourth-order valence-electron chi connectivity index (χ4n) is 3.29. The van der Waals surface area contributed by atoms with Crippen LogP contribution in [-0.4, -0.2) is 47.8 Å².